The highest BCUT2D eigenvalue weighted by atomic mass is 16.3. The predicted molar refractivity (Wildman–Crippen MR) is 82.1 cm³/mol. The molecule has 114 valence electrons. The van der Waals surface area contributed by atoms with Crippen LogP contribution in [0, 0.1) is 6.92 Å². The Morgan fingerprint density at radius 2 is 1.91 bits per heavy atom. The van der Waals surface area contributed by atoms with Gasteiger partial charge in [0.25, 0.3) is 5.91 Å². The molecule has 1 unspecified atom stereocenters. The molecule has 0 radical (unpaired) electrons. The molecular weight excluding hydrogens is 278 g/mol. The van der Waals surface area contributed by atoms with E-state index < -0.39 is 11.3 Å². The van der Waals surface area contributed by atoms with E-state index in [9.17, 15) is 9.90 Å². The van der Waals surface area contributed by atoms with Crippen molar-refractivity contribution in [3.8, 4) is 0 Å². The minimum atomic E-state index is -1.53. The van der Waals surface area contributed by atoms with Gasteiger partial charge in [0, 0.05) is 41.0 Å². The van der Waals surface area contributed by atoms with Crippen molar-refractivity contribution < 1.29 is 9.90 Å². The summed E-state index contributed by atoms with van der Waals surface area (Å²) in [5.74, 6) is -0.223. The fourth-order valence-electron chi connectivity index (χ4n) is 3.01. The second kappa shape index (κ2) is 4.61. The Labute approximate surface area is 129 Å². The number of amides is 1. The molecule has 1 N–H and O–H groups in total. The van der Waals surface area contributed by atoms with Crippen LogP contribution in [0.25, 0.3) is 0 Å². The maximum atomic E-state index is 12.8. The zero-order valence-electron chi connectivity index (χ0n) is 13.2. The molecular formula is C17H19N3O2. The first-order valence-corrected chi connectivity index (χ1v) is 7.21. The molecule has 0 fully saturated rings. The van der Waals surface area contributed by atoms with Crippen molar-refractivity contribution in [3.05, 3.63) is 59.2 Å². The molecule has 5 nitrogen and oxygen atoms in total. The number of hydrogen-bond donors (Lipinski definition) is 1. The summed E-state index contributed by atoms with van der Waals surface area (Å²) in [6.07, 6.45) is 4.72. The number of carbonyl (C=O) groups is 1. The molecule has 5 heteroatoms. The first-order valence-electron chi connectivity index (χ1n) is 7.21. The minimum absolute atomic E-state index is 0.223. The number of pyridine rings is 2. The van der Waals surface area contributed by atoms with E-state index in [0.29, 0.717) is 16.7 Å². The highest BCUT2D eigenvalue weighted by Crippen LogP contribution is 2.45. The van der Waals surface area contributed by atoms with E-state index in [-0.39, 0.29) is 5.91 Å². The van der Waals surface area contributed by atoms with Crippen molar-refractivity contribution in [1.82, 2.24) is 14.9 Å². The third-order valence-corrected chi connectivity index (χ3v) is 3.94. The highest BCUT2D eigenvalue weighted by Gasteiger charge is 2.54. The number of aryl methyl sites for hydroxylation is 1. The molecule has 2 aromatic rings. The summed E-state index contributed by atoms with van der Waals surface area (Å²) in [6, 6.07) is 5.33. The second-order valence-corrected chi connectivity index (χ2v) is 6.59. The van der Waals surface area contributed by atoms with Gasteiger partial charge in [0.15, 0.2) is 5.72 Å². The van der Waals surface area contributed by atoms with Crippen LogP contribution in [0.3, 0.4) is 0 Å². The van der Waals surface area contributed by atoms with Crippen LogP contribution < -0.4 is 0 Å². The summed E-state index contributed by atoms with van der Waals surface area (Å²) in [7, 11) is 0. The van der Waals surface area contributed by atoms with Crippen LogP contribution in [-0.4, -0.2) is 31.4 Å². The van der Waals surface area contributed by atoms with Crippen molar-refractivity contribution >= 4 is 5.91 Å². The van der Waals surface area contributed by atoms with Gasteiger partial charge in [-0.25, -0.2) is 0 Å². The first kappa shape index (κ1) is 14.7. The Kier molecular flexibility index (Phi) is 3.07. The molecule has 3 heterocycles. The quantitative estimate of drug-likeness (QED) is 0.876. The SMILES string of the molecule is Cc1ccc(C2(O)c3ccncc3C(=O)N2C(C)(C)C)cn1. The summed E-state index contributed by atoms with van der Waals surface area (Å²) in [6.45, 7) is 7.58. The van der Waals surface area contributed by atoms with E-state index in [4.69, 9.17) is 0 Å². The molecule has 0 spiro atoms. The van der Waals surface area contributed by atoms with Crippen molar-refractivity contribution in [2.75, 3.05) is 0 Å². The number of nitrogens with zero attached hydrogens (tertiary/aromatic N) is 3. The van der Waals surface area contributed by atoms with Gasteiger partial charge in [-0.3, -0.25) is 19.7 Å². The van der Waals surface area contributed by atoms with Crippen LogP contribution in [0.4, 0.5) is 0 Å². The van der Waals surface area contributed by atoms with E-state index >= 15 is 0 Å². The number of rotatable bonds is 1. The molecule has 22 heavy (non-hydrogen) atoms. The minimum Gasteiger partial charge on any atom is -0.363 e. The number of aromatic nitrogens is 2. The molecule has 0 saturated carbocycles. The van der Waals surface area contributed by atoms with Gasteiger partial charge in [0.2, 0.25) is 0 Å². The molecule has 1 aliphatic heterocycles. The Balaban J connectivity index is 2.29. The van der Waals surface area contributed by atoms with Crippen LogP contribution in [0.2, 0.25) is 0 Å². The topological polar surface area (TPSA) is 66.3 Å². The van der Waals surface area contributed by atoms with Crippen LogP contribution in [-0.2, 0) is 5.72 Å². The number of carbonyl (C=O) groups excluding carboxylic acids is 1. The molecule has 0 saturated heterocycles. The summed E-state index contributed by atoms with van der Waals surface area (Å²) in [5.41, 5.74) is 0.318. The van der Waals surface area contributed by atoms with Crippen molar-refractivity contribution in [3.63, 3.8) is 0 Å². The molecule has 0 bridgehead atoms. The molecule has 3 rings (SSSR count). The molecule has 1 atom stereocenters. The zero-order chi connectivity index (χ0) is 16.1. The zero-order valence-corrected chi connectivity index (χ0v) is 13.2. The fraction of sp³-hybridized carbons (Fsp3) is 0.353. The summed E-state index contributed by atoms with van der Waals surface area (Å²) in [5, 5.41) is 11.5. The van der Waals surface area contributed by atoms with Crippen molar-refractivity contribution in [1.29, 1.82) is 0 Å². The van der Waals surface area contributed by atoms with E-state index in [2.05, 4.69) is 9.97 Å². The summed E-state index contributed by atoms with van der Waals surface area (Å²) in [4.78, 5) is 22.6. The molecule has 2 aromatic heterocycles. The Morgan fingerprint density at radius 3 is 2.50 bits per heavy atom. The number of fused-ring (bicyclic) bond motifs is 1. The van der Waals surface area contributed by atoms with Crippen LogP contribution in [0.15, 0.2) is 36.8 Å². The lowest BCUT2D eigenvalue weighted by atomic mass is 9.93. The second-order valence-electron chi connectivity index (χ2n) is 6.59. The summed E-state index contributed by atoms with van der Waals surface area (Å²) < 4.78 is 0. The van der Waals surface area contributed by atoms with Gasteiger partial charge < -0.3 is 5.11 Å². The van der Waals surface area contributed by atoms with Gasteiger partial charge in [0.05, 0.1) is 5.56 Å². The average molecular weight is 297 g/mol. The van der Waals surface area contributed by atoms with Crippen LogP contribution in [0.1, 0.15) is 48.0 Å². The smallest absolute Gasteiger partial charge is 0.259 e. The molecule has 0 aromatic carbocycles. The standard InChI is InChI=1S/C17H19N3O2/c1-11-5-6-12(9-19-11)17(22)14-7-8-18-10-13(14)15(21)20(17)16(2,3)4/h5-10,22H,1-4H3. The van der Waals surface area contributed by atoms with E-state index in [1.807, 2.05) is 39.8 Å². The van der Waals surface area contributed by atoms with Crippen molar-refractivity contribution in [2.45, 2.75) is 39.0 Å². The lowest BCUT2D eigenvalue weighted by Crippen LogP contribution is -2.54. The third kappa shape index (κ3) is 1.93. The Bertz CT molecular complexity index is 734. The number of aliphatic hydroxyl groups is 1. The predicted octanol–water partition coefficient (Wildman–Crippen LogP) is 2.23. The molecule has 1 aliphatic rings. The molecule has 1 amide bonds. The summed E-state index contributed by atoms with van der Waals surface area (Å²) >= 11 is 0. The average Bonchev–Trinajstić information content (AvgIpc) is 2.69. The Hall–Kier alpha value is -2.27. The lowest BCUT2D eigenvalue weighted by molar-refractivity contribution is -0.0878. The van der Waals surface area contributed by atoms with Crippen LogP contribution in [0.5, 0.6) is 0 Å². The van der Waals surface area contributed by atoms with Gasteiger partial charge in [-0.05, 0) is 39.8 Å². The van der Waals surface area contributed by atoms with Crippen LogP contribution >= 0.6 is 0 Å². The highest BCUT2D eigenvalue weighted by molar-refractivity contribution is 6.00. The van der Waals surface area contributed by atoms with E-state index in [0.717, 1.165) is 5.69 Å². The third-order valence-electron chi connectivity index (χ3n) is 3.94. The number of hydrogen-bond acceptors (Lipinski definition) is 4. The van der Waals surface area contributed by atoms with E-state index in [1.54, 1.807) is 18.5 Å². The largest absolute Gasteiger partial charge is 0.363 e. The van der Waals surface area contributed by atoms with Gasteiger partial charge in [0.1, 0.15) is 0 Å². The van der Waals surface area contributed by atoms with Gasteiger partial charge >= 0.3 is 0 Å². The van der Waals surface area contributed by atoms with Crippen molar-refractivity contribution in [2.24, 2.45) is 0 Å². The Morgan fingerprint density at radius 1 is 1.18 bits per heavy atom. The maximum absolute atomic E-state index is 12.8. The van der Waals surface area contributed by atoms with Gasteiger partial charge in [-0.15, -0.1) is 0 Å². The molecule has 0 aliphatic carbocycles. The lowest BCUT2D eigenvalue weighted by Gasteiger charge is -2.43. The van der Waals surface area contributed by atoms with Gasteiger partial charge in [-0.1, -0.05) is 6.07 Å². The first-order chi connectivity index (χ1) is 10.3. The fourth-order valence-corrected chi connectivity index (χ4v) is 3.01. The van der Waals surface area contributed by atoms with Gasteiger partial charge in [-0.2, -0.15) is 0 Å². The maximum Gasteiger partial charge on any atom is 0.259 e. The van der Waals surface area contributed by atoms with E-state index in [1.165, 1.54) is 11.1 Å². The monoisotopic (exact) mass is 297 g/mol. The normalized spacial score (nSPS) is 21.1.